The number of nitrogens with zero attached hydrogens (tertiary/aromatic N) is 2. The van der Waals surface area contributed by atoms with E-state index >= 15 is 0 Å². The minimum Gasteiger partial charge on any atom is -0.303 e. The molecule has 1 unspecified atom stereocenters. The molecule has 0 fully saturated rings. The van der Waals surface area contributed by atoms with Gasteiger partial charge in [0, 0.05) is 17.5 Å². The van der Waals surface area contributed by atoms with Crippen molar-refractivity contribution in [2.24, 2.45) is 0 Å². The fourth-order valence-corrected chi connectivity index (χ4v) is 2.64. The van der Waals surface area contributed by atoms with Gasteiger partial charge in [-0.15, -0.1) is 0 Å². The number of para-hydroxylation sites is 1. The summed E-state index contributed by atoms with van der Waals surface area (Å²) in [5.41, 5.74) is -1.00. The second kappa shape index (κ2) is 9.66. The summed E-state index contributed by atoms with van der Waals surface area (Å²) in [5.74, 6) is -0.679. The highest BCUT2D eigenvalue weighted by atomic mass is 16.6. The molecule has 7 heteroatoms. The van der Waals surface area contributed by atoms with Gasteiger partial charge in [0.05, 0.1) is 9.85 Å². The molecule has 1 rings (SSSR count). The zero-order chi connectivity index (χ0) is 17.2. The maximum absolute atomic E-state index is 11.3. The molecule has 1 atom stereocenters. The average Bonchev–Trinajstić information content (AvgIpc) is 2.53. The van der Waals surface area contributed by atoms with Crippen LogP contribution in [-0.4, -0.2) is 16.1 Å². The van der Waals surface area contributed by atoms with Crippen LogP contribution in [0.1, 0.15) is 63.4 Å². The Morgan fingerprint density at radius 2 is 1.70 bits per heavy atom. The van der Waals surface area contributed by atoms with Gasteiger partial charge in [-0.3, -0.25) is 20.2 Å². The summed E-state index contributed by atoms with van der Waals surface area (Å²) < 4.78 is 0. The van der Waals surface area contributed by atoms with E-state index in [0.29, 0.717) is 12.7 Å². The third-order valence-electron chi connectivity index (χ3n) is 3.86. The molecule has 1 aromatic carbocycles. The van der Waals surface area contributed by atoms with Crippen molar-refractivity contribution in [3.63, 3.8) is 0 Å². The highest BCUT2D eigenvalue weighted by Gasteiger charge is 2.31. The Labute approximate surface area is 135 Å². The van der Waals surface area contributed by atoms with Crippen molar-refractivity contribution in [3.8, 4) is 0 Å². The summed E-state index contributed by atoms with van der Waals surface area (Å²) in [7, 11) is 0. The summed E-state index contributed by atoms with van der Waals surface area (Å²) in [6.07, 6.45) is 7.37. The lowest BCUT2D eigenvalue weighted by Gasteiger charge is -2.11. The van der Waals surface area contributed by atoms with Gasteiger partial charge in [-0.1, -0.05) is 57.6 Å². The Kier molecular flexibility index (Phi) is 7.87. The number of aldehydes is 1. The molecule has 0 N–H and O–H groups in total. The normalized spacial score (nSPS) is 11.9. The van der Waals surface area contributed by atoms with E-state index in [2.05, 4.69) is 6.92 Å². The predicted molar refractivity (Wildman–Crippen MR) is 86.5 cm³/mol. The van der Waals surface area contributed by atoms with Crippen LogP contribution in [0.4, 0.5) is 11.4 Å². The SMILES string of the molecule is CCCCCCCCC(C=O)c1cccc([N+](=O)[O-])c1[N+](=O)[O-]. The van der Waals surface area contributed by atoms with Crippen LogP contribution in [0.25, 0.3) is 0 Å². The lowest BCUT2D eigenvalue weighted by Crippen LogP contribution is -2.07. The second-order valence-corrected chi connectivity index (χ2v) is 5.53. The molecule has 0 heterocycles. The number of carbonyl (C=O) groups excluding carboxylic acids is 1. The molecule has 0 aliphatic carbocycles. The van der Waals surface area contributed by atoms with Crippen LogP contribution in [-0.2, 0) is 4.79 Å². The van der Waals surface area contributed by atoms with Crippen molar-refractivity contribution in [2.75, 3.05) is 0 Å². The molecule has 7 nitrogen and oxygen atoms in total. The zero-order valence-electron chi connectivity index (χ0n) is 13.3. The van der Waals surface area contributed by atoms with E-state index in [1.165, 1.54) is 18.6 Å². The fourth-order valence-electron chi connectivity index (χ4n) is 2.64. The molecular formula is C16H22N2O5. The Morgan fingerprint density at radius 3 is 2.26 bits per heavy atom. The highest BCUT2D eigenvalue weighted by molar-refractivity contribution is 5.69. The van der Waals surface area contributed by atoms with Crippen LogP contribution in [0.2, 0.25) is 0 Å². The first-order valence-electron chi connectivity index (χ1n) is 7.89. The zero-order valence-corrected chi connectivity index (χ0v) is 13.3. The van der Waals surface area contributed by atoms with Gasteiger partial charge in [-0.25, -0.2) is 0 Å². The third kappa shape index (κ3) is 5.43. The maximum atomic E-state index is 11.3. The minimum absolute atomic E-state index is 0.132. The first-order chi connectivity index (χ1) is 11.0. The molecular weight excluding hydrogens is 300 g/mol. The van der Waals surface area contributed by atoms with Crippen LogP contribution in [0.15, 0.2) is 18.2 Å². The van der Waals surface area contributed by atoms with Gasteiger partial charge < -0.3 is 4.79 Å². The van der Waals surface area contributed by atoms with Gasteiger partial charge >= 0.3 is 11.4 Å². The van der Waals surface area contributed by atoms with E-state index in [1.807, 2.05) is 0 Å². The number of carbonyl (C=O) groups is 1. The minimum atomic E-state index is -0.783. The summed E-state index contributed by atoms with van der Waals surface area (Å²) in [4.78, 5) is 31.9. The van der Waals surface area contributed by atoms with Crippen molar-refractivity contribution in [1.29, 1.82) is 0 Å². The summed E-state index contributed by atoms with van der Waals surface area (Å²) in [6.45, 7) is 2.13. The van der Waals surface area contributed by atoms with E-state index in [-0.39, 0.29) is 5.56 Å². The topological polar surface area (TPSA) is 103 Å². The Balaban J connectivity index is 2.85. The molecule has 23 heavy (non-hydrogen) atoms. The molecule has 0 aromatic heterocycles. The second-order valence-electron chi connectivity index (χ2n) is 5.53. The molecule has 126 valence electrons. The molecule has 0 aliphatic heterocycles. The van der Waals surface area contributed by atoms with Crippen molar-refractivity contribution in [2.45, 2.75) is 57.8 Å². The van der Waals surface area contributed by atoms with E-state index < -0.39 is 27.1 Å². The molecule has 0 amide bonds. The number of hydrogen-bond acceptors (Lipinski definition) is 5. The van der Waals surface area contributed by atoms with Gasteiger partial charge in [0.1, 0.15) is 6.29 Å². The Bertz CT molecular complexity index is 559. The average molecular weight is 322 g/mol. The first kappa shape index (κ1) is 18.7. The smallest absolute Gasteiger partial charge is 0.303 e. The third-order valence-corrected chi connectivity index (χ3v) is 3.86. The number of nitro groups is 2. The van der Waals surface area contributed by atoms with Gasteiger partial charge in [0.15, 0.2) is 0 Å². The van der Waals surface area contributed by atoms with Gasteiger partial charge in [0.25, 0.3) is 0 Å². The summed E-state index contributed by atoms with van der Waals surface area (Å²) in [6, 6.07) is 3.91. The van der Waals surface area contributed by atoms with Crippen LogP contribution >= 0.6 is 0 Å². The Hall–Kier alpha value is -2.31. The molecule has 1 aromatic rings. The molecule has 0 radical (unpaired) electrons. The number of rotatable bonds is 11. The maximum Gasteiger partial charge on any atom is 0.349 e. The summed E-state index contributed by atoms with van der Waals surface area (Å²) in [5, 5.41) is 22.2. The molecule has 0 aliphatic rings. The van der Waals surface area contributed by atoms with E-state index in [1.54, 1.807) is 0 Å². The van der Waals surface area contributed by atoms with E-state index in [4.69, 9.17) is 0 Å². The van der Waals surface area contributed by atoms with Crippen molar-refractivity contribution in [1.82, 2.24) is 0 Å². The number of unbranched alkanes of at least 4 members (excludes halogenated alkanes) is 5. The van der Waals surface area contributed by atoms with Crippen LogP contribution in [0, 0.1) is 20.2 Å². The molecule has 0 saturated carbocycles. The van der Waals surface area contributed by atoms with Gasteiger partial charge in [-0.2, -0.15) is 0 Å². The standard InChI is InChI=1S/C16H22N2O5/c1-2-3-4-5-6-7-9-13(12-19)14-10-8-11-15(17(20)21)16(14)18(22)23/h8,10-13H,2-7,9H2,1H3. The Morgan fingerprint density at radius 1 is 1.04 bits per heavy atom. The van der Waals surface area contributed by atoms with Crippen LogP contribution in [0.5, 0.6) is 0 Å². The lowest BCUT2D eigenvalue weighted by molar-refractivity contribution is -0.423. The fraction of sp³-hybridized carbons (Fsp3) is 0.562. The first-order valence-corrected chi connectivity index (χ1v) is 7.89. The number of nitro benzene ring substituents is 2. The van der Waals surface area contributed by atoms with Crippen molar-refractivity contribution in [3.05, 3.63) is 44.0 Å². The number of benzene rings is 1. The highest BCUT2D eigenvalue weighted by Crippen LogP contribution is 2.36. The summed E-state index contributed by atoms with van der Waals surface area (Å²) >= 11 is 0. The van der Waals surface area contributed by atoms with Crippen LogP contribution in [0.3, 0.4) is 0 Å². The van der Waals surface area contributed by atoms with E-state index in [0.717, 1.165) is 38.2 Å². The van der Waals surface area contributed by atoms with Crippen molar-refractivity contribution < 1.29 is 14.6 Å². The van der Waals surface area contributed by atoms with Gasteiger partial charge in [-0.05, 0) is 6.42 Å². The largest absolute Gasteiger partial charge is 0.349 e. The molecule has 0 saturated heterocycles. The van der Waals surface area contributed by atoms with E-state index in [9.17, 15) is 25.0 Å². The molecule has 0 spiro atoms. The quantitative estimate of drug-likeness (QED) is 0.257. The van der Waals surface area contributed by atoms with Gasteiger partial charge in [0.2, 0.25) is 0 Å². The molecule has 0 bridgehead atoms. The predicted octanol–water partition coefficient (Wildman–Crippen LogP) is 4.54. The van der Waals surface area contributed by atoms with Crippen molar-refractivity contribution >= 4 is 17.7 Å². The number of hydrogen-bond donors (Lipinski definition) is 0. The monoisotopic (exact) mass is 322 g/mol. The lowest BCUT2D eigenvalue weighted by atomic mass is 9.92. The van der Waals surface area contributed by atoms with Crippen LogP contribution < -0.4 is 0 Å².